The van der Waals surface area contributed by atoms with Crippen LogP contribution in [0, 0.1) is 0 Å². The standard InChI is InChI=1S/C12H18N6S/c1-9(13-7-10-8-19-17-14-10)12-16-15-11-5-3-2-4-6-18(11)12/h8-9,13H,2-7H2,1H3. The summed E-state index contributed by atoms with van der Waals surface area (Å²) in [6.07, 6.45) is 4.79. The molecule has 0 aromatic carbocycles. The minimum absolute atomic E-state index is 0.182. The number of hydrogen-bond donors (Lipinski definition) is 1. The van der Waals surface area contributed by atoms with Crippen LogP contribution in [-0.4, -0.2) is 24.4 Å². The molecule has 1 unspecified atom stereocenters. The lowest BCUT2D eigenvalue weighted by molar-refractivity contribution is 0.498. The number of aromatic nitrogens is 5. The normalized spacial score (nSPS) is 16.9. The largest absolute Gasteiger partial charge is 0.314 e. The van der Waals surface area contributed by atoms with Crippen LogP contribution in [0.15, 0.2) is 5.38 Å². The molecule has 2 aromatic heterocycles. The number of rotatable bonds is 4. The van der Waals surface area contributed by atoms with Crippen LogP contribution in [0.5, 0.6) is 0 Å². The first kappa shape index (κ1) is 12.7. The van der Waals surface area contributed by atoms with Crippen molar-refractivity contribution in [3.63, 3.8) is 0 Å². The van der Waals surface area contributed by atoms with Crippen molar-refractivity contribution in [1.29, 1.82) is 0 Å². The van der Waals surface area contributed by atoms with E-state index in [4.69, 9.17) is 0 Å². The van der Waals surface area contributed by atoms with E-state index in [2.05, 4.69) is 36.6 Å². The third-order valence-electron chi connectivity index (χ3n) is 3.52. The molecule has 7 heteroatoms. The van der Waals surface area contributed by atoms with Gasteiger partial charge in [0.15, 0.2) is 0 Å². The van der Waals surface area contributed by atoms with Gasteiger partial charge in [0.25, 0.3) is 0 Å². The summed E-state index contributed by atoms with van der Waals surface area (Å²) >= 11 is 1.38. The number of hydrogen-bond acceptors (Lipinski definition) is 6. The second-order valence-corrected chi connectivity index (χ2v) is 5.55. The summed E-state index contributed by atoms with van der Waals surface area (Å²) in [5.41, 5.74) is 0.979. The average molecular weight is 278 g/mol. The van der Waals surface area contributed by atoms with Crippen molar-refractivity contribution in [2.24, 2.45) is 0 Å². The quantitative estimate of drug-likeness (QED) is 0.922. The zero-order valence-corrected chi connectivity index (χ0v) is 11.9. The van der Waals surface area contributed by atoms with Gasteiger partial charge in [-0.1, -0.05) is 10.9 Å². The first-order chi connectivity index (χ1) is 9.34. The Labute approximate surface area is 116 Å². The van der Waals surface area contributed by atoms with E-state index in [0.29, 0.717) is 0 Å². The molecule has 1 N–H and O–H groups in total. The highest BCUT2D eigenvalue weighted by Gasteiger charge is 2.18. The lowest BCUT2D eigenvalue weighted by Gasteiger charge is -2.14. The van der Waals surface area contributed by atoms with Crippen molar-refractivity contribution in [3.8, 4) is 0 Å². The predicted molar refractivity (Wildman–Crippen MR) is 72.7 cm³/mol. The number of nitrogens with one attached hydrogen (secondary N) is 1. The van der Waals surface area contributed by atoms with E-state index in [1.807, 2.05) is 5.38 Å². The summed E-state index contributed by atoms with van der Waals surface area (Å²) in [7, 11) is 0. The van der Waals surface area contributed by atoms with Gasteiger partial charge in [0, 0.05) is 24.9 Å². The maximum atomic E-state index is 4.36. The molecule has 3 rings (SSSR count). The molecule has 6 nitrogen and oxygen atoms in total. The fourth-order valence-corrected chi connectivity index (χ4v) is 2.89. The lowest BCUT2D eigenvalue weighted by atomic mass is 10.2. The van der Waals surface area contributed by atoms with Gasteiger partial charge in [0.05, 0.1) is 11.7 Å². The zero-order valence-electron chi connectivity index (χ0n) is 11.0. The highest BCUT2D eigenvalue weighted by molar-refractivity contribution is 7.03. The zero-order chi connectivity index (χ0) is 13.1. The van der Waals surface area contributed by atoms with Crippen molar-refractivity contribution in [1.82, 2.24) is 29.7 Å². The van der Waals surface area contributed by atoms with Gasteiger partial charge in [0.1, 0.15) is 11.6 Å². The molecule has 0 bridgehead atoms. The van der Waals surface area contributed by atoms with Crippen LogP contribution in [0.3, 0.4) is 0 Å². The third kappa shape index (κ3) is 2.82. The molecule has 19 heavy (non-hydrogen) atoms. The van der Waals surface area contributed by atoms with Gasteiger partial charge in [-0.05, 0) is 31.3 Å². The van der Waals surface area contributed by atoms with Crippen molar-refractivity contribution in [2.45, 2.75) is 51.7 Å². The summed E-state index contributed by atoms with van der Waals surface area (Å²) in [5, 5.41) is 18.1. The summed E-state index contributed by atoms with van der Waals surface area (Å²) in [6.45, 7) is 3.89. The minimum Gasteiger partial charge on any atom is -0.314 e. The summed E-state index contributed by atoms with van der Waals surface area (Å²) in [4.78, 5) is 0. The molecule has 0 radical (unpaired) electrons. The summed E-state index contributed by atoms with van der Waals surface area (Å²) < 4.78 is 6.15. The molecule has 2 aromatic rings. The Hall–Kier alpha value is -1.34. The smallest absolute Gasteiger partial charge is 0.149 e. The molecule has 1 atom stereocenters. The van der Waals surface area contributed by atoms with Crippen LogP contribution in [0.4, 0.5) is 0 Å². The van der Waals surface area contributed by atoms with Gasteiger partial charge in [-0.3, -0.25) is 0 Å². The second-order valence-electron chi connectivity index (χ2n) is 4.94. The predicted octanol–water partition coefficient (Wildman–Crippen LogP) is 1.71. The number of nitrogens with zero attached hydrogens (tertiary/aromatic N) is 5. The van der Waals surface area contributed by atoms with Gasteiger partial charge >= 0.3 is 0 Å². The van der Waals surface area contributed by atoms with E-state index in [-0.39, 0.29) is 6.04 Å². The number of aryl methyl sites for hydroxylation is 1. The Balaban J connectivity index is 1.69. The molecule has 0 saturated carbocycles. The molecule has 0 fully saturated rings. The van der Waals surface area contributed by atoms with Crippen LogP contribution < -0.4 is 5.32 Å². The Morgan fingerprint density at radius 1 is 1.32 bits per heavy atom. The van der Waals surface area contributed by atoms with E-state index in [0.717, 1.165) is 36.9 Å². The van der Waals surface area contributed by atoms with Gasteiger partial charge in [0.2, 0.25) is 0 Å². The van der Waals surface area contributed by atoms with Crippen molar-refractivity contribution >= 4 is 11.5 Å². The Morgan fingerprint density at radius 3 is 3.11 bits per heavy atom. The molecular weight excluding hydrogens is 260 g/mol. The van der Waals surface area contributed by atoms with Crippen LogP contribution >= 0.6 is 11.5 Å². The van der Waals surface area contributed by atoms with Crippen LogP contribution in [-0.2, 0) is 19.5 Å². The first-order valence-corrected chi connectivity index (χ1v) is 7.59. The molecule has 0 aliphatic carbocycles. The topological polar surface area (TPSA) is 68.5 Å². The molecule has 102 valence electrons. The highest BCUT2D eigenvalue weighted by atomic mass is 32.1. The molecular formula is C12H18N6S. The fourth-order valence-electron chi connectivity index (χ4n) is 2.44. The van der Waals surface area contributed by atoms with Crippen LogP contribution in [0.1, 0.15) is 49.6 Å². The van der Waals surface area contributed by atoms with Crippen molar-refractivity contribution < 1.29 is 0 Å². The first-order valence-electron chi connectivity index (χ1n) is 6.76. The van der Waals surface area contributed by atoms with Crippen molar-refractivity contribution in [3.05, 3.63) is 22.7 Å². The average Bonchev–Trinajstić information content (AvgIpc) is 3.02. The molecule has 0 saturated heterocycles. The Bertz CT molecular complexity index is 520. The molecule has 3 heterocycles. The van der Waals surface area contributed by atoms with E-state index >= 15 is 0 Å². The van der Waals surface area contributed by atoms with E-state index in [1.54, 1.807) is 0 Å². The van der Waals surface area contributed by atoms with Gasteiger partial charge in [-0.15, -0.1) is 15.3 Å². The monoisotopic (exact) mass is 278 g/mol. The van der Waals surface area contributed by atoms with Crippen LogP contribution in [0.25, 0.3) is 0 Å². The summed E-state index contributed by atoms with van der Waals surface area (Å²) in [5.74, 6) is 2.18. The molecule has 1 aliphatic heterocycles. The molecule has 0 amide bonds. The summed E-state index contributed by atoms with van der Waals surface area (Å²) in [6, 6.07) is 0.182. The van der Waals surface area contributed by atoms with E-state index < -0.39 is 0 Å². The highest BCUT2D eigenvalue weighted by Crippen LogP contribution is 2.18. The Kier molecular flexibility index (Phi) is 3.84. The van der Waals surface area contributed by atoms with Crippen LogP contribution in [0.2, 0.25) is 0 Å². The fraction of sp³-hybridized carbons (Fsp3) is 0.667. The maximum absolute atomic E-state index is 4.36. The lowest BCUT2D eigenvalue weighted by Crippen LogP contribution is -2.22. The number of fused-ring (bicyclic) bond motifs is 1. The van der Waals surface area contributed by atoms with Gasteiger partial charge in [-0.2, -0.15) is 0 Å². The third-order valence-corrected chi connectivity index (χ3v) is 4.07. The minimum atomic E-state index is 0.182. The molecule has 0 spiro atoms. The SMILES string of the molecule is CC(NCc1csnn1)c1nnc2n1CCCCC2. The maximum Gasteiger partial charge on any atom is 0.149 e. The molecule has 1 aliphatic rings. The van der Waals surface area contributed by atoms with Gasteiger partial charge < -0.3 is 9.88 Å². The van der Waals surface area contributed by atoms with Crippen molar-refractivity contribution in [2.75, 3.05) is 0 Å². The van der Waals surface area contributed by atoms with Gasteiger partial charge in [-0.25, -0.2) is 0 Å². The second kappa shape index (κ2) is 5.75. The van der Waals surface area contributed by atoms with E-state index in [9.17, 15) is 0 Å². The van der Waals surface area contributed by atoms with E-state index in [1.165, 1.54) is 30.8 Å². The Morgan fingerprint density at radius 2 is 2.26 bits per heavy atom.